The van der Waals surface area contributed by atoms with Gasteiger partial charge in [0.15, 0.2) is 5.92 Å². The van der Waals surface area contributed by atoms with Gasteiger partial charge in [-0.2, -0.15) is 5.26 Å². The first kappa shape index (κ1) is 20.2. The quantitative estimate of drug-likeness (QED) is 0.548. The summed E-state index contributed by atoms with van der Waals surface area (Å²) in [7, 11) is 3.14. The van der Waals surface area contributed by atoms with Gasteiger partial charge < -0.3 is 14.2 Å². The molecule has 0 N–H and O–H groups in total. The van der Waals surface area contributed by atoms with Gasteiger partial charge in [0.1, 0.15) is 11.5 Å². The van der Waals surface area contributed by atoms with Crippen LogP contribution in [0, 0.1) is 17.2 Å². The van der Waals surface area contributed by atoms with Crippen molar-refractivity contribution in [1.82, 2.24) is 0 Å². The number of rotatable bonds is 7. The minimum absolute atomic E-state index is 0.207. The van der Waals surface area contributed by atoms with Crippen LogP contribution in [0.25, 0.3) is 10.8 Å². The Kier molecular flexibility index (Phi) is 6.36. The molecule has 0 fully saturated rings. The summed E-state index contributed by atoms with van der Waals surface area (Å²) in [4.78, 5) is 12.7. The van der Waals surface area contributed by atoms with E-state index in [0.717, 1.165) is 21.9 Å². The van der Waals surface area contributed by atoms with Crippen molar-refractivity contribution < 1.29 is 19.0 Å². The number of methoxy groups -OCH3 is 2. The maximum Gasteiger partial charge on any atom is 0.324 e. The average Bonchev–Trinajstić information content (AvgIpc) is 2.77. The summed E-state index contributed by atoms with van der Waals surface area (Å²) in [5, 5.41) is 11.9. The van der Waals surface area contributed by atoms with E-state index in [4.69, 9.17) is 14.2 Å². The van der Waals surface area contributed by atoms with Crippen molar-refractivity contribution in [3.8, 4) is 17.6 Å². The highest BCUT2D eigenvalue weighted by Crippen LogP contribution is 2.42. The lowest BCUT2D eigenvalue weighted by Gasteiger charge is -2.25. The normalized spacial score (nSPS) is 12.6. The molecule has 3 aromatic carbocycles. The van der Waals surface area contributed by atoms with Crippen LogP contribution in [0.3, 0.4) is 0 Å². The lowest BCUT2D eigenvalue weighted by atomic mass is 9.79. The summed E-state index contributed by atoms with van der Waals surface area (Å²) in [5.74, 6) is -0.960. The van der Waals surface area contributed by atoms with Crippen molar-refractivity contribution in [3.05, 3.63) is 71.8 Å². The van der Waals surface area contributed by atoms with Gasteiger partial charge in [-0.15, -0.1) is 0 Å². The van der Waals surface area contributed by atoms with Crippen LogP contribution in [-0.2, 0) is 9.53 Å². The minimum Gasteiger partial charge on any atom is -0.497 e. The lowest BCUT2D eigenvalue weighted by molar-refractivity contribution is -0.146. The van der Waals surface area contributed by atoms with Crippen molar-refractivity contribution in [3.63, 3.8) is 0 Å². The average molecular weight is 389 g/mol. The molecule has 148 valence electrons. The second kappa shape index (κ2) is 9.11. The SMILES string of the molecule is CCOC(=O)C(C#N)C(c1ccc(OC)cc1OC)c1cccc2ccccc12. The summed E-state index contributed by atoms with van der Waals surface area (Å²) >= 11 is 0. The number of hydrogen-bond acceptors (Lipinski definition) is 5. The fourth-order valence-corrected chi connectivity index (χ4v) is 3.62. The molecular weight excluding hydrogens is 366 g/mol. The Hall–Kier alpha value is -3.52. The van der Waals surface area contributed by atoms with Crippen molar-refractivity contribution in [1.29, 1.82) is 5.26 Å². The Balaban J connectivity index is 2.28. The molecule has 0 aromatic heterocycles. The van der Waals surface area contributed by atoms with Gasteiger partial charge >= 0.3 is 5.97 Å². The molecule has 0 saturated heterocycles. The van der Waals surface area contributed by atoms with Crippen LogP contribution < -0.4 is 9.47 Å². The Labute approximate surface area is 170 Å². The molecule has 3 aromatic rings. The van der Waals surface area contributed by atoms with Gasteiger partial charge in [0.2, 0.25) is 0 Å². The molecule has 0 spiro atoms. The maximum atomic E-state index is 12.7. The number of ether oxygens (including phenoxy) is 3. The van der Waals surface area contributed by atoms with Crippen LogP contribution in [0.15, 0.2) is 60.7 Å². The number of carbonyl (C=O) groups excluding carboxylic acids is 1. The van der Waals surface area contributed by atoms with E-state index in [-0.39, 0.29) is 6.61 Å². The highest BCUT2D eigenvalue weighted by Gasteiger charge is 2.35. The topological polar surface area (TPSA) is 68.6 Å². The molecule has 2 atom stereocenters. The van der Waals surface area contributed by atoms with E-state index in [9.17, 15) is 10.1 Å². The van der Waals surface area contributed by atoms with Crippen molar-refractivity contribution in [2.24, 2.45) is 5.92 Å². The molecule has 0 aliphatic heterocycles. The first-order valence-corrected chi connectivity index (χ1v) is 9.40. The molecule has 0 bridgehead atoms. The van der Waals surface area contributed by atoms with Crippen LogP contribution in [0.5, 0.6) is 11.5 Å². The van der Waals surface area contributed by atoms with Gasteiger partial charge in [-0.3, -0.25) is 4.79 Å². The van der Waals surface area contributed by atoms with Crippen LogP contribution in [0.1, 0.15) is 24.0 Å². The summed E-state index contributed by atoms with van der Waals surface area (Å²) in [6, 6.07) is 21.4. The minimum atomic E-state index is -1.02. The fourth-order valence-electron chi connectivity index (χ4n) is 3.62. The molecule has 2 unspecified atom stereocenters. The van der Waals surface area contributed by atoms with Crippen LogP contribution in [0.4, 0.5) is 0 Å². The highest BCUT2D eigenvalue weighted by atomic mass is 16.5. The molecule has 0 amide bonds. The zero-order chi connectivity index (χ0) is 20.8. The molecular formula is C24H23NO4. The molecule has 0 aliphatic carbocycles. The van der Waals surface area contributed by atoms with E-state index in [2.05, 4.69) is 6.07 Å². The third kappa shape index (κ3) is 4.02. The van der Waals surface area contributed by atoms with Gasteiger partial charge in [0.05, 0.1) is 26.9 Å². The molecule has 0 heterocycles. The molecule has 5 heteroatoms. The van der Waals surface area contributed by atoms with Gasteiger partial charge in [0, 0.05) is 17.5 Å². The number of esters is 1. The number of benzene rings is 3. The van der Waals surface area contributed by atoms with Crippen molar-refractivity contribution in [2.45, 2.75) is 12.8 Å². The Morgan fingerprint density at radius 2 is 1.76 bits per heavy atom. The van der Waals surface area contributed by atoms with Crippen LogP contribution in [-0.4, -0.2) is 26.8 Å². The molecule has 0 saturated carbocycles. The third-order valence-electron chi connectivity index (χ3n) is 4.95. The van der Waals surface area contributed by atoms with Gasteiger partial charge in [-0.25, -0.2) is 0 Å². The van der Waals surface area contributed by atoms with E-state index >= 15 is 0 Å². The zero-order valence-electron chi connectivity index (χ0n) is 16.7. The first-order valence-electron chi connectivity index (χ1n) is 9.40. The van der Waals surface area contributed by atoms with E-state index in [1.165, 1.54) is 0 Å². The van der Waals surface area contributed by atoms with E-state index in [0.29, 0.717) is 11.5 Å². The number of fused-ring (bicyclic) bond motifs is 1. The number of carbonyl (C=O) groups is 1. The molecule has 3 rings (SSSR count). The lowest BCUT2D eigenvalue weighted by Crippen LogP contribution is -2.25. The van der Waals surface area contributed by atoms with Gasteiger partial charge in [-0.05, 0) is 29.3 Å². The Morgan fingerprint density at radius 3 is 2.45 bits per heavy atom. The summed E-state index contributed by atoms with van der Waals surface area (Å²) in [6.07, 6.45) is 0. The van der Waals surface area contributed by atoms with Crippen LogP contribution >= 0.6 is 0 Å². The number of hydrogen-bond donors (Lipinski definition) is 0. The van der Waals surface area contributed by atoms with E-state index in [1.54, 1.807) is 33.3 Å². The predicted molar refractivity (Wildman–Crippen MR) is 111 cm³/mol. The standard InChI is InChI=1S/C24H23NO4/c1-4-29-24(26)21(15-25)23(20-13-12-17(27-2)14-22(20)28-3)19-11-7-9-16-8-5-6-10-18(16)19/h5-14,21,23H,4H2,1-3H3. The summed E-state index contributed by atoms with van der Waals surface area (Å²) in [5.41, 5.74) is 1.59. The first-order chi connectivity index (χ1) is 14.1. The van der Waals surface area contributed by atoms with Crippen molar-refractivity contribution in [2.75, 3.05) is 20.8 Å². The van der Waals surface area contributed by atoms with E-state index < -0.39 is 17.8 Å². The monoisotopic (exact) mass is 389 g/mol. The maximum absolute atomic E-state index is 12.7. The smallest absolute Gasteiger partial charge is 0.324 e. The fraction of sp³-hybridized carbons (Fsp3) is 0.250. The largest absolute Gasteiger partial charge is 0.497 e. The van der Waals surface area contributed by atoms with Crippen molar-refractivity contribution >= 4 is 16.7 Å². The molecule has 0 aliphatic rings. The predicted octanol–water partition coefficient (Wildman–Crippen LogP) is 4.69. The molecule has 0 radical (unpaired) electrons. The van der Waals surface area contributed by atoms with Crippen LogP contribution in [0.2, 0.25) is 0 Å². The van der Waals surface area contributed by atoms with E-state index in [1.807, 2.05) is 48.5 Å². The number of nitrogens with zero attached hydrogens (tertiary/aromatic N) is 1. The Bertz CT molecular complexity index is 1050. The second-order valence-electron chi connectivity index (χ2n) is 6.51. The highest BCUT2D eigenvalue weighted by molar-refractivity contribution is 5.88. The Morgan fingerprint density at radius 1 is 1.00 bits per heavy atom. The molecule has 5 nitrogen and oxygen atoms in total. The summed E-state index contributed by atoms with van der Waals surface area (Å²) in [6.45, 7) is 1.94. The molecule has 29 heavy (non-hydrogen) atoms. The van der Waals surface area contributed by atoms with Gasteiger partial charge in [0.25, 0.3) is 0 Å². The third-order valence-corrected chi connectivity index (χ3v) is 4.95. The summed E-state index contributed by atoms with van der Waals surface area (Å²) < 4.78 is 16.1. The second-order valence-corrected chi connectivity index (χ2v) is 6.51. The van der Waals surface area contributed by atoms with Gasteiger partial charge in [-0.1, -0.05) is 48.5 Å². The zero-order valence-corrected chi connectivity index (χ0v) is 16.7. The number of nitriles is 1.